The molecule has 4 heterocycles. The number of nitrogens with zero attached hydrogens (tertiary/aromatic N) is 3. The Hall–Kier alpha value is -5.84. The van der Waals surface area contributed by atoms with E-state index in [1.54, 1.807) is 64.1 Å². The first-order chi connectivity index (χ1) is 29.5. The van der Waals surface area contributed by atoms with E-state index in [2.05, 4.69) is 21.3 Å². The molecule has 2 aromatic rings. The molecule has 6 N–H and O–H groups in total. The fraction of sp³-hybridized carbons (Fsp3) is 0.556. The van der Waals surface area contributed by atoms with E-state index in [4.69, 9.17) is 10.5 Å². The van der Waals surface area contributed by atoms with Gasteiger partial charge in [0.2, 0.25) is 47.3 Å². The van der Waals surface area contributed by atoms with Gasteiger partial charge in [-0.15, -0.1) is 0 Å². The maximum absolute atomic E-state index is 15.0. The topological polar surface area (TPSA) is 230 Å². The number of hydrogen-bond donors (Lipinski definition) is 5. The summed E-state index contributed by atoms with van der Waals surface area (Å²) in [4.78, 5) is 118. The lowest BCUT2D eigenvalue weighted by Gasteiger charge is -2.37. The summed E-state index contributed by atoms with van der Waals surface area (Å²) in [5.41, 5.74) is 5.70. The van der Waals surface area contributed by atoms with Crippen molar-refractivity contribution in [1.82, 2.24) is 36.0 Å². The summed E-state index contributed by atoms with van der Waals surface area (Å²) < 4.78 is 6.26. The standard InChI is InChI=1S/C45H60N8O9/c1-6-26(2)36-40(57)49-30(23-28-15-9-7-10-16-28)42(59)51-21-13-20-34(51)39(56)48-32(25-35(46)54)43(60)52-22-14-19-33(52)38(55)47-31(24-29-17-11-8-12-18-29)44(61)53-37(41(58)50-36)27(3)62-45(53,4)5/h7-12,15-18,26-27,30-34,36-37H,6,13-14,19-25H2,1-5H3,(H2,46,54)(H,47,55)(H,48,56)(H,49,57)(H,50,58)/t26-,27+,30-,31-,32-,33-,34-,36-,37-/m0/s1. The molecule has 17 heteroatoms. The number of fused-ring (bicyclic) bond motifs is 3. The Bertz CT molecular complexity index is 2020. The SMILES string of the molecule is CC[C@H](C)[C@@H]1NC(=O)[C@@H]2[C@@H](C)OC(C)(C)N2C(=O)[C@H](Cc2ccccc2)NC(=O)[C@@H]2CCCN2C(=O)[C@H](CC(N)=O)NC(=O)[C@@H]2CCCN2C(=O)[C@H](Cc2ccccc2)NC1=O. The number of amides is 8. The zero-order valence-corrected chi connectivity index (χ0v) is 36.1. The van der Waals surface area contributed by atoms with Gasteiger partial charge in [-0.05, 0) is 63.5 Å². The summed E-state index contributed by atoms with van der Waals surface area (Å²) in [6, 6.07) is 9.65. The molecule has 62 heavy (non-hydrogen) atoms. The molecule has 0 saturated carbocycles. The summed E-state index contributed by atoms with van der Waals surface area (Å²) in [6.07, 6.45) is 0.462. The van der Waals surface area contributed by atoms with Crippen LogP contribution in [0.2, 0.25) is 0 Å². The Morgan fingerprint density at radius 3 is 1.68 bits per heavy atom. The number of ether oxygens (including phenoxy) is 1. The molecule has 0 bridgehead atoms. The van der Waals surface area contributed by atoms with Gasteiger partial charge < -0.3 is 41.5 Å². The molecule has 0 spiro atoms. The van der Waals surface area contributed by atoms with Crippen LogP contribution in [0, 0.1) is 5.92 Å². The molecule has 2 aromatic carbocycles. The number of carbonyl (C=O) groups is 8. The third kappa shape index (κ3) is 10.1. The Morgan fingerprint density at radius 1 is 0.710 bits per heavy atom. The van der Waals surface area contributed by atoms with Crippen molar-refractivity contribution < 1.29 is 43.1 Å². The van der Waals surface area contributed by atoms with E-state index < -0.39 is 114 Å². The molecule has 4 saturated heterocycles. The van der Waals surface area contributed by atoms with E-state index in [-0.39, 0.29) is 38.8 Å². The van der Waals surface area contributed by atoms with Crippen molar-refractivity contribution in [3.05, 3.63) is 71.8 Å². The first-order valence-corrected chi connectivity index (χ1v) is 21.7. The number of carbonyl (C=O) groups excluding carboxylic acids is 8. The largest absolute Gasteiger partial charge is 0.370 e. The Balaban J connectivity index is 1.44. The van der Waals surface area contributed by atoms with Gasteiger partial charge in [0.15, 0.2) is 0 Å². The molecule has 9 atom stereocenters. The minimum Gasteiger partial charge on any atom is -0.370 e. The molecule has 0 aliphatic carbocycles. The average Bonchev–Trinajstić information content (AvgIpc) is 3.99. The third-order valence-electron chi connectivity index (χ3n) is 12.6. The highest BCUT2D eigenvalue weighted by atomic mass is 16.5. The zero-order chi connectivity index (χ0) is 44.9. The Labute approximate surface area is 362 Å². The zero-order valence-electron chi connectivity index (χ0n) is 36.1. The van der Waals surface area contributed by atoms with Gasteiger partial charge in [0.25, 0.3) is 0 Å². The van der Waals surface area contributed by atoms with E-state index in [0.717, 1.165) is 5.56 Å². The average molecular weight is 857 g/mol. The van der Waals surface area contributed by atoms with Gasteiger partial charge in [-0.2, -0.15) is 0 Å². The predicted molar refractivity (Wildman–Crippen MR) is 226 cm³/mol. The van der Waals surface area contributed by atoms with Crippen LogP contribution in [0.1, 0.15) is 84.3 Å². The van der Waals surface area contributed by atoms with Crippen LogP contribution in [-0.4, -0.2) is 129 Å². The maximum atomic E-state index is 15.0. The van der Waals surface area contributed by atoms with Crippen molar-refractivity contribution in [3.8, 4) is 0 Å². The van der Waals surface area contributed by atoms with Gasteiger partial charge in [0.1, 0.15) is 48.0 Å². The molecule has 4 aliphatic heterocycles. The second-order valence-corrected chi connectivity index (χ2v) is 17.4. The van der Waals surface area contributed by atoms with Crippen molar-refractivity contribution in [2.24, 2.45) is 11.7 Å². The number of nitrogens with two attached hydrogens (primary N) is 1. The molecule has 0 aromatic heterocycles. The van der Waals surface area contributed by atoms with Crippen molar-refractivity contribution in [2.75, 3.05) is 13.1 Å². The number of benzene rings is 2. The number of rotatable bonds is 8. The summed E-state index contributed by atoms with van der Waals surface area (Å²) in [6.45, 7) is 8.91. The van der Waals surface area contributed by atoms with Crippen molar-refractivity contribution >= 4 is 47.3 Å². The van der Waals surface area contributed by atoms with Crippen molar-refractivity contribution in [3.63, 3.8) is 0 Å². The van der Waals surface area contributed by atoms with Crippen molar-refractivity contribution in [1.29, 1.82) is 0 Å². The molecule has 4 aliphatic rings. The smallest absolute Gasteiger partial charge is 0.248 e. The van der Waals surface area contributed by atoms with Crippen LogP contribution < -0.4 is 27.0 Å². The third-order valence-corrected chi connectivity index (χ3v) is 12.6. The Kier molecular flexibility index (Phi) is 14.3. The highest BCUT2D eigenvalue weighted by Crippen LogP contribution is 2.34. The molecule has 4 fully saturated rings. The molecule has 6 rings (SSSR count). The predicted octanol–water partition coefficient (Wildman–Crippen LogP) is 0.680. The molecule has 8 amide bonds. The summed E-state index contributed by atoms with van der Waals surface area (Å²) in [5.74, 6) is -5.83. The van der Waals surface area contributed by atoms with Gasteiger partial charge in [-0.25, -0.2) is 0 Å². The fourth-order valence-corrected chi connectivity index (χ4v) is 9.27. The first kappa shape index (κ1) is 45.7. The molecule has 17 nitrogen and oxygen atoms in total. The van der Waals surface area contributed by atoms with Crippen LogP contribution >= 0.6 is 0 Å². The fourth-order valence-electron chi connectivity index (χ4n) is 9.27. The van der Waals surface area contributed by atoms with Gasteiger partial charge in [0, 0.05) is 25.9 Å². The monoisotopic (exact) mass is 856 g/mol. The lowest BCUT2D eigenvalue weighted by Crippen LogP contribution is -2.63. The van der Waals surface area contributed by atoms with E-state index in [0.29, 0.717) is 24.8 Å². The van der Waals surface area contributed by atoms with Crippen LogP contribution in [-0.2, 0) is 55.9 Å². The lowest BCUT2D eigenvalue weighted by molar-refractivity contribution is -0.154. The Morgan fingerprint density at radius 2 is 1.18 bits per heavy atom. The maximum Gasteiger partial charge on any atom is 0.248 e. The quantitative estimate of drug-likeness (QED) is 0.251. The van der Waals surface area contributed by atoms with Crippen LogP contribution in [0.15, 0.2) is 60.7 Å². The van der Waals surface area contributed by atoms with Gasteiger partial charge in [0.05, 0.1) is 12.5 Å². The van der Waals surface area contributed by atoms with E-state index in [1.807, 2.05) is 31.2 Å². The number of hydrogen-bond acceptors (Lipinski definition) is 9. The second kappa shape index (κ2) is 19.5. The van der Waals surface area contributed by atoms with Gasteiger partial charge in [-0.3, -0.25) is 43.3 Å². The van der Waals surface area contributed by atoms with Gasteiger partial charge >= 0.3 is 0 Å². The normalized spacial score (nSPS) is 29.4. The number of nitrogens with one attached hydrogen (secondary N) is 4. The minimum atomic E-state index is -1.46. The minimum absolute atomic E-state index is 0.0222. The molecule has 334 valence electrons. The first-order valence-electron chi connectivity index (χ1n) is 21.7. The second-order valence-electron chi connectivity index (χ2n) is 17.4. The van der Waals surface area contributed by atoms with Crippen LogP contribution in [0.25, 0.3) is 0 Å². The van der Waals surface area contributed by atoms with Crippen LogP contribution in [0.4, 0.5) is 0 Å². The van der Waals surface area contributed by atoms with Crippen LogP contribution in [0.3, 0.4) is 0 Å². The highest BCUT2D eigenvalue weighted by Gasteiger charge is 2.54. The van der Waals surface area contributed by atoms with E-state index in [1.165, 1.54) is 14.7 Å². The summed E-state index contributed by atoms with van der Waals surface area (Å²) >= 11 is 0. The lowest BCUT2D eigenvalue weighted by atomic mass is 9.96. The van der Waals surface area contributed by atoms with Crippen LogP contribution in [0.5, 0.6) is 0 Å². The van der Waals surface area contributed by atoms with Gasteiger partial charge in [-0.1, -0.05) is 80.9 Å². The number of primary amides is 1. The molecular formula is C45H60N8O9. The van der Waals surface area contributed by atoms with Crippen molar-refractivity contribution in [2.45, 2.75) is 140 Å². The van der Waals surface area contributed by atoms with E-state index in [9.17, 15) is 38.4 Å². The molecule has 0 unspecified atom stereocenters. The highest BCUT2D eigenvalue weighted by molar-refractivity contribution is 6.00. The van der Waals surface area contributed by atoms with E-state index >= 15 is 0 Å². The molecular weight excluding hydrogens is 797 g/mol. The summed E-state index contributed by atoms with van der Waals surface area (Å²) in [7, 11) is 0. The summed E-state index contributed by atoms with van der Waals surface area (Å²) in [5, 5.41) is 11.4. The molecule has 0 radical (unpaired) electrons.